The van der Waals surface area contributed by atoms with E-state index in [2.05, 4.69) is 16.0 Å². The molecule has 0 aromatic heterocycles. The van der Waals surface area contributed by atoms with Gasteiger partial charge in [0.15, 0.2) is 0 Å². The molecule has 0 saturated heterocycles. The van der Waals surface area contributed by atoms with Crippen molar-refractivity contribution in [1.82, 2.24) is 5.32 Å². The van der Waals surface area contributed by atoms with Gasteiger partial charge in [0, 0.05) is 11.6 Å². The third-order valence-electron chi connectivity index (χ3n) is 6.47. The summed E-state index contributed by atoms with van der Waals surface area (Å²) in [4.78, 5) is 36.9. The van der Waals surface area contributed by atoms with Gasteiger partial charge in [0.1, 0.15) is 11.3 Å². The summed E-state index contributed by atoms with van der Waals surface area (Å²) in [5.41, 5.74) is 2.46. The van der Waals surface area contributed by atoms with E-state index in [0.717, 1.165) is 31.2 Å². The molecule has 8 nitrogen and oxygen atoms in total. The number of nitrogens with one attached hydrogen (secondary N) is 3. The summed E-state index contributed by atoms with van der Waals surface area (Å²) < 4.78 is 10.1. The number of hydrogen-bond acceptors (Lipinski definition) is 5. The van der Waals surface area contributed by atoms with Gasteiger partial charge in [0.05, 0.1) is 19.9 Å². The van der Waals surface area contributed by atoms with Crippen molar-refractivity contribution < 1.29 is 23.9 Å². The fourth-order valence-electron chi connectivity index (χ4n) is 4.45. The molecule has 1 aliphatic carbocycles. The number of methoxy groups -OCH3 is 2. The van der Waals surface area contributed by atoms with Gasteiger partial charge >= 0.3 is 12.0 Å². The molecule has 35 heavy (non-hydrogen) atoms. The summed E-state index contributed by atoms with van der Waals surface area (Å²) in [5, 5.41) is 8.50. The van der Waals surface area contributed by atoms with Crippen molar-refractivity contribution in [2.45, 2.75) is 57.9 Å². The van der Waals surface area contributed by atoms with Gasteiger partial charge in [-0.25, -0.2) is 9.59 Å². The van der Waals surface area contributed by atoms with Crippen molar-refractivity contribution in [2.75, 3.05) is 24.9 Å². The van der Waals surface area contributed by atoms with Crippen LogP contribution < -0.4 is 20.7 Å². The van der Waals surface area contributed by atoms with Crippen LogP contribution in [0.4, 0.5) is 16.2 Å². The first kappa shape index (κ1) is 26.1. The Morgan fingerprint density at radius 3 is 2.17 bits per heavy atom. The number of benzene rings is 2. The van der Waals surface area contributed by atoms with Crippen molar-refractivity contribution in [3.05, 3.63) is 53.6 Å². The Kier molecular flexibility index (Phi) is 8.38. The number of amides is 3. The van der Waals surface area contributed by atoms with Gasteiger partial charge in [-0.1, -0.05) is 18.2 Å². The second-order valence-corrected chi connectivity index (χ2v) is 9.56. The molecule has 8 heteroatoms. The van der Waals surface area contributed by atoms with Crippen LogP contribution in [-0.4, -0.2) is 37.7 Å². The summed E-state index contributed by atoms with van der Waals surface area (Å²) in [6.07, 6.45) is 3.29. The van der Waals surface area contributed by atoms with Crippen molar-refractivity contribution >= 4 is 29.3 Å². The number of carbonyl (C=O) groups excluding carboxylic acids is 3. The molecule has 2 aromatic rings. The van der Waals surface area contributed by atoms with Gasteiger partial charge in [-0.3, -0.25) is 4.79 Å². The van der Waals surface area contributed by atoms with E-state index < -0.39 is 11.5 Å². The predicted molar refractivity (Wildman–Crippen MR) is 136 cm³/mol. The number of anilines is 2. The van der Waals surface area contributed by atoms with E-state index in [1.165, 1.54) is 12.7 Å². The van der Waals surface area contributed by atoms with Crippen LogP contribution in [0.1, 0.15) is 56.6 Å². The van der Waals surface area contributed by atoms with E-state index in [-0.39, 0.29) is 17.9 Å². The second-order valence-electron chi connectivity index (χ2n) is 9.56. The summed E-state index contributed by atoms with van der Waals surface area (Å²) in [7, 11) is 2.88. The van der Waals surface area contributed by atoms with Crippen LogP contribution in [0.3, 0.4) is 0 Å². The normalized spacial score (nSPS) is 17.7. The lowest BCUT2D eigenvalue weighted by Gasteiger charge is -2.31. The third kappa shape index (κ3) is 6.74. The zero-order valence-electron chi connectivity index (χ0n) is 21.1. The monoisotopic (exact) mass is 481 g/mol. The van der Waals surface area contributed by atoms with E-state index in [4.69, 9.17) is 9.47 Å². The number of carbonyl (C=O) groups is 3. The van der Waals surface area contributed by atoms with Crippen molar-refractivity contribution in [2.24, 2.45) is 5.92 Å². The van der Waals surface area contributed by atoms with Crippen molar-refractivity contribution in [3.8, 4) is 5.75 Å². The molecule has 3 N–H and O–H groups in total. The fourth-order valence-corrected chi connectivity index (χ4v) is 4.45. The van der Waals surface area contributed by atoms with E-state index in [0.29, 0.717) is 23.0 Å². The van der Waals surface area contributed by atoms with Crippen LogP contribution in [0.2, 0.25) is 0 Å². The Morgan fingerprint density at radius 1 is 0.914 bits per heavy atom. The second kappa shape index (κ2) is 11.3. The smallest absolute Gasteiger partial charge is 0.330 e. The van der Waals surface area contributed by atoms with Crippen LogP contribution in [-0.2, 0) is 14.3 Å². The molecule has 3 rings (SSSR count). The lowest BCUT2D eigenvalue weighted by Crippen LogP contribution is -2.52. The lowest BCUT2D eigenvalue weighted by atomic mass is 9.78. The molecule has 0 atom stereocenters. The van der Waals surface area contributed by atoms with Gasteiger partial charge in [-0.2, -0.15) is 0 Å². The Labute approximate surface area is 206 Å². The first-order valence-corrected chi connectivity index (χ1v) is 11.9. The van der Waals surface area contributed by atoms with Gasteiger partial charge in [-0.15, -0.1) is 0 Å². The minimum atomic E-state index is -1.04. The van der Waals surface area contributed by atoms with Gasteiger partial charge in [-0.05, 0) is 87.8 Å². The van der Waals surface area contributed by atoms with E-state index >= 15 is 0 Å². The highest BCUT2D eigenvalue weighted by Gasteiger charge is 2.34. The van der Waals surface area contributed by atoms with Gasteiger partial charge < -0.3 is 25.4 Å². The molecule has 0 bridgehead atoms. The van der Waals surface area contributed by atoms with E-state index in [9.17, 15) is 14.4 Å². The zero-order chi connectivity index (χ0) is 25.6. The summed E-state index contributed by atoms with van der Waals surface area (Å²) in [6, 6.07) is 13.1. The molecule has 1 saturated carbocycles. The maximum absolute atomic E-state index is 12.6. The molecule has 1 aliphatic rings. The minimum absolute atomic E-state index is 0.102. The Hall–Kier alpha value is -3.55. The molecule has 0 radical (unpaired) electrons. The summed E-state index contributed by atoms with van der Waals surface area (Å²) >= 11 is 0. The number of aryl methyl sites for hydroxylation is 1. The molecular weight excluding hydrogens is 446 g/mol. The molecule has 0 unspecified atom stereocenters. The number of esters is 1. The number of ether oxygens (including phenoxy) is 2. The van der Waals surface area contributed by atoms with Crippen molar-refractivity contribution in [3.63, 3.8) is 0 Å². The SMILES string of the molecule is COC(=O)C(C)(C)NC(=O)[C@H]1CC[C@@H](c2ccc(NC(=O)Nc3cc(C)ccc3OC)cc2)CC1. The highest BCUT2D eigenvalue weighted by Crippen LogP contribution is 2.36. The molecule has 3 amide bonds. The Balaban J connectivity index is 1.52. The Morgan fingerprint density at radius 2 is 1.57 bits per heavy atom. The Bertz CT molecular complexity index is 1060. The van der Waals surface area contributed by atoms with Gasteiger partial charge in [0.2, 0.25) is 5.91 Å². The maximum Gasteiger partial charge on any atom is 0.330 e. The van der Waals surface area contributed by atoms with Crippen LogP contribution in [0, 0.1) is 12.8 Å². The topological polar surface area (TPSA) is 106 Å². The fraction of sp³-hybridized carbons (Fsp3) is 0.444. The van der Waals surface area contributed by atoms with E-state index in [1.54, 1.807) is 21.0 Å². The van der Waals surface area contributed by atoms with Crippen LogP contribution in [0.5, 0.6) is 5.75 Å². The molecule has 0 spiro atoms. The van der Waals surface area contributed by atoms with Crippen LogP contribution >= 0.6 is 0 Å². The number of hydrogen-bond donors (Lipinski definition) is 3. The number of urea groups is 1. The molecule has 188 valence electrons. The summed E-state index contributed by atoms with van der Waals surface area (Å²) in [5.74, 6) is 0.277. The largest absolute Gasteiger partial charge is 0.495 e. The molecule has 1 fully saturated rings. The molecule has 0 aliphatic heterocycles. The minimum Gasteiger partial charge on any atom is -0.495 e. The lowest BCUT2D eigenvalue weighted by molar-refractivity contribution is -0.150. The molecule has 0 heterocycles. The van der Waals surface area contributed by atoms with E-state index in [1.807, 2.05) is 49.4 Å². The zero-order valence-corrected chi connectivity index (χ0v) is 21.1. The first-order valence-electron chi connectivity index (χ1n) is 11.9. The standard InChI is InChI=1S/C27H35N3O5/c1-17-6-15-23(34-4)22(16-17)29-26(33)28-21-13-11-19(12-14-21)18-7-9-20(10-8-18)24(31)30-27(2,3)25(32)35-5/h6,11-16,18,20H,7-10H2,1-5H3,(H,30,31)(H2,28,29,33)/t18-,20+. The summed E-state index contributed by atoms with van der Waals surface area (Å²) in [6.45, 7) is 5.25. The number of rotatable bonds is 7. The first-order chi connectivity index (χ1) is 16.6. The molecule has 2 aromatic carbocycles. The highest BCUT2D eigenvalue weighted by atomic mass is 16.5. The molecular formula is C27H35N3O5. The maximum atomic E-state index is 12.6. The average Bonchev–Trinajstić information content (AvgIpc) is 2.84. The highest BCUT2D eigenvalue weighted by molar-refractivity contribution is 6.00. The van der Waals surface area contributed by atoms with Crippen molar-refractivity contribution in [1.29, 1.82) is 0 Å². The van der Waals surface area contributed by atoms with Crippen LogP contribution in [0.15, 0.2) is 42.5 Å². The predicted octanol–water partition coefficient (Wildman–Crippen LogP) is 4.99. The van der Waals surface area contributed by atoms with Gasteiger partial charge in [0.25, 0.3) is 0 Å². The average molecular weight is 482 g/mol. The van der Waals surface area contributed by atoms with Crippen LogP contribution in [0.25, 0.3) is 0 Å². The third-order valence-corrected chi connectivity index (χ3v) is 6.47. The quantitative estimate of drug-likeness (QED) is 0.483.